The summed E-state index contributed by atoms with van der Waals surface area (Å²) in [5.41, 5.74) is 6.69. The molecule has 1 aliphatic carbocycles. The van der Waals surface area contributed by atoms with Crippen LogP contribution in [0.3, 0.4) is 0 Å². The van der Waals surface area contributed by atoms with E-state index in [4.69, 9.17) is 21.1 Å². The molecule has 0 aliphatic heterocycles. The fourth-order valence-electron chi connectivity index (χ4n) is 4.20. The van der Waals surface area contributed by atoms with E-state index in [1.807, 2.05) is 36.4 Å². The van der Waals surface area contributed by atoms with Gasteiger partial charge < -0.3 is 14.4 Å². The van der Waals surface area contributed by atoms with Crippen molar-refractivity contribution in [1.29, 1.82) is 0 Å². The van der Waals surface area contributed by atoms with Gasteiger partial charge in [-0.15, -0.1) is 0 Å². The van der Waals surface area contributed by atoms with Gasteiger partial charge in [-0.25, -0.2) is 0 Å². The van der Waals surface area contributed by atoms with Crippen molar-refractivity contribution in [1.82, 2.24) is 4.90 Å². The van der Waals surface area contributed by atoms with Crippen LogP contribution in [0, 0.1) is 0 Å². The Morgan fingerprint density at radius 2 is 1.49 bits per heavy atom. The first-order valence-electron chi connectivity index (χ1n) is 12.2. The van der Waals surface area contributed by atoms with Crippen LogP contribution < -0.4 is 9.47 Å². The molecule has 0 spiro atoms. The molecule has 0 saturated carbocycles. The number of benzene rings is 2. The van der Waals surface area contributed by atoms with E-state index in [2.05, 4.69) is 61.8 Å². The van der Waals surface area contributed by atoms with Gasteiger partial charge in [0.05, 0.1) is 14.2 Å². The maximum atomic E-state index is 6.89. The molecule has 0 amide bonds. The summed E-state index contributed by atoms with van der Waals surface area (Å²) in [4.78, 5) is 2.36. The number of hydrogen-bond acceptors (Lipinski definition) is 3. The molecule has 4 heteroatoms. The van der Waals surface area contributed by atoms with Crippen molar-refractivity contribution >= 4 is 22.9 Å². The minimum absolute atomic E-state index is 0.838. The van der Waals surface area contributed by atoms with Crippen molar-refractivity contribution in [3.63, 3.8) is 0 Å². The highest BCUT2D eigenvalue weighted by Gasteiger charge is 2.15. The Bertz CT molecular complexity index is 1120. The minimum Gasteiger partial charge on any atom is -0.497 e. The summed E-state index contributed by atoms with van der Waals surface area (Å²) < 4.78 is 10.6. The van der Waals surface area contributed by atoms with Crippen LogP contribution in [-0.2, 0) is 0 Å². The molecular weight excluding hydrogens is 454 g/mol. The molecule has 2 aromatic carbocycles. The van der Waals surface area contributed by atoms with Crippen molar-refractivity contribution in [3.8, 4) is 11.5 Å². The SMILES string of the molecule is C=C(/C=C/C1=C(Cl)C(=C/C=C(\c2ccc(OC)cc2)N(CC)CC)/CCC1)c1ccc(OC)cc1. The molecule has 0 saturated heterocycles. The van der Waals surface area contributed by atoms with Gasteiger partial charge in [0.1, 0.15) is 11.5 Å². The molecule has 0 radical (unpaired) electrons. The van der Waals surface area contributed by atoms with Gasteiger partial charge in [0.15, 0.2) is 0 Å². The maximum absolute atomic E-state index is 6.89. The fraction of sp³-hybridized carbons (Fsp3) is 0.290. The van der Waals surface area contributed by atoms with Gasteiger partial charge in [-0.05, 0) is 103 Å². The van der Waals surface area contributed by atoms with E-state index in [1.165, 1.54) is 11.3 Å². The number of nitrogens with zero attached hydrogens (tertiary/aromatic N) is 1. The fourth-order valence-corrected chi connectivity index (χ4v) is 4.52. The molecule has 0 heterocycles. The third-order valence-corrected chi connectivity index (χ3v) is 6.82. The van der Waals surface area contributed by atoms with Crippen LogP contribution in [0.25, 0.3) is 11.3 Å². The highest BCUT2D eigenvalue weighted by molar-refractivity contribution is 6.32. The van der Waals surface area contributed by atoms with Crippen molar-refractivity contribution in [2.75, 3.05) is 27.3 Å². The molecule has 3 rings (SSSR count). The third-order valence-electron chi connectivity index (χ3n) is 6.33. The Morgan fingerprint density at radius 3 is 2.03 bits per heavy atom. The Labute approximate surface area is 215 Å². The van der Waals surface area contributed by atoms with Gasteiger partial charge in [0, 0.05) is 23.8 Å². The normalized spacial score (nSPS) is 15.6. The average molecular weight is 490 g/mol. The first kappa shape index (κ1) is 26.4. The molecule has 0 aromatic heterocycles. The number of hydrogen-bond donors (Lipinski definition) is 0. The summed E-state index contributed by atoms with van der Waals surface area (Å²) in [5, 5.41) is 0.847. The van der Waals surface area contributed by atoms with Gasteiger partial charge in [-0.1, -0.05) is 48.5 Å². The first-order chi connectivity index (χ1) is 17.0. The summed E-state index contributed by atoms with van der Waals surface area (Å²) in [6, 6.07) is 16.2. The Balaban J connectivity index is 1.86. The van der Waals surface area contributed by atoms with Crippen LogP contribution in [0.1, 0.15) is 44.2 Å². The van der Waals surface area contributed by atoms with Crippen LogP contribution in [0.4, 0.5) is 0 Å². The predicted octanol–water partition coefficient (Wildman–Crippen LogP) is 8.26. The predicted molar refractivity (Wildman–Crippen MR) is 150 cm³/mol. The molecule has 0 bridgehead atoms. The largest absolute Gasteiger partial charge is 0.497 e. The van der Waals surface area contributed by atoms with Crippen molar-refractivity contribution in [2.24, 2.45) is 0 Å². The number of ether oxygens (including phenoxy) is 2. The summed E-state index contributed by atoms with van der Waals surface area (Å²) in [5.74, 6) is 1.70. The van der Waals surface area contributed by atoms with E-state index < -0.39 is 0 Å². The Morgan fingerprint density at radius 1 is 0.914 bits per heavy atom. The average Bonchev–Trinajstić information content (AvgIpc) is 2.91. The highest BCUT2D eigenvalue weighted by atomic mass is 35.5. The van der Waals surface area contributed by atoms with E-state index in [0.717, 1.165) is 71.2 Å². The van der Waals surface area contributed by atoms with Gasteiger partial charge >= 0.3 is 0 Å². The lowest BCUT2D eigenvalue weighted by Gasteiger charge is -2.25. The van der Waals surface area contributed by atoms with Crippen LogP contribution in [0.2, 0.25) is 0 Å². The highest BCUT2D eigenvalue weighted by Crippen LogP contribution is 2.34. The standard InChI is InChI=1S/C31H36ClNO2/c1-6-33(7-2)30(25-15-20-29(35-5)21-16-25)22-17-27-10-8-9-26(31(27)32)12-11-23(3)24-13-18-28(34-4)19-14-24/h11-22H,3,6-10H2,1-2,4-5H3/b12-11+,27-17+,30-22+. The van der Waals surface area contributed by atoms with Crippen LogP contribution in [0.15, 0.2) is 95.6 Å². The van der Waals surface area contributed by atoms with E-state index >= 15 is 0 Å². The van der Waals surface area contributed by atoms with E-state index in [1.54, 1.807) is 14.2 Å². The minimum atomic E-state index is 0.838. The summed E-state index contributed by atoms with van der Waals surface area (Å²) in [6.45, 7) is 10.4. The molecule has 0 N–H and O–H groups in total. The second-order valence-electron chi connectivity index (χ2n) is 8.42. The Kier molecular flexibility index (Phi) is 9.86. The molecule has 0 atom stereocenters. The molecule has 3 nitrogen and oxygen atoms in total. The summed E-state index contributed by atoms with van der Waals surface area (Å²) >= 11 is 6.89. The second kappa shape index (κ2) is 13.1. The molecular formula is C31H36ClNO2. The maximum Gasteiger partial charge on any atom is 0.118 e. The quantitative estimate of drug-likeness (QED) is 0.313. The number of methoxy groups -OCH3 is 2. The topological polar surface area (TPSA) is 21.7 Å². The molecule has 35 heavy (non-hydrogen) atoms. The van der Waals surface area contributed by atoms with Crippen molar-refractivity contribution in [2.45, 2.75) is 33.1 Å². The monoisotopic (exact) mass is 489 g/mol. The van der Waals surface area contributed by atoms with Crippen LogP contribution in [-0.4, -0.2) is 32.2 Å². The van der Waals surface area contributed by atoms with Gasteiger partial charge in [-0.2, -0.15) is 0 Å². The lowest BCUT2D eigenvalue weighted by atomic mass is 9.93. The van der Waals surface area contributed by atoms with Crippen LogP contribution in [0.5, 0.6) is 11.5 Å². The van der Waals surface area contributed by atoms with Crippen molar-refractivity contribution in [3.05, 3.63) is 107 Å². The van der Waals surface area contributed by atoms with Gasteiger partial charge in [0.2, 0.25) is 0 Å². The second-order valence-corrected chi connectivity index (χ2v) is 8.80. The zero-order valence-corrected chi connectivity index (χ0v) is 22.1. The third kappa shape index (κ3) is 6.93. The Hall–Kier alpha value is -3.17. The zero-order chi connectivity index (χ0) is 25.2. The number of halogens is 1. The van der Waals surface area contributed by atoms with Crippen LogP contribution >= 0.6 is 11.6 Å². The van der Waals surface area contributed by atoms with E-state index in [0.29, 0.717) is 0 Å². The molecule has 0 unspecified atom stereocenters. The zero-order valence-electron chi connectivity index (χ0n) is 21.3. The molecule has 0 fully saturated rings. The summed E-state index contributed by atoms with van der Waals surface area (Å²) in [7, 11) is 3.36. The molecule has 1 aliphatic rings. The van der Waals surface area contributed by atoms with Gasteiger partial charge in [-0.3, -0.25) is 0 Å². The van der Waals surface area contributed by atoms with Gasteiger partial charge in [0.25, 0.3) is 0 Å². The lowest BCUT2D eigenvalue weighted by molar-refractivity contribution is 0.414. The molecule has 2 aromatic rings. The lowest BCUT2D eigenvalue weighted by Crippen LogP contribution is -2.21. The molecule has 184 valence electrons. The first-order valence-corrected chi connectivity index (χ1v) is 12.6. The smallest absolute Gasteiger partial charge is 0.118 e. The summed E-state index contributed by atoms with van der Waals surface area (Å²) in [6.07, 6.45) is 11.6. The van der Waals surface area contributed by atoms with E-state index in [-0.39, 0.29) is 0 Å². The van der Waals surface area contributed by atoms with E-state index in [9.17, 15) is 0 Å². The number of rotatable bonds is 10. The number of allylic oxidation sites excluding steroid dienone is 8. The van der Waals surface area contributed by atoms with Crippen molar-refractivity contribution < 1.29 is 9.47 Å².